The van der Waals surface area contributed by atoms with Crippen LogP contribution in [-0.4, -0.2) is 12.2 Å². The highest BCUT2D eigenvalue weighted by Gasteiger charge is 2.18. The van der Waals surface area contributed by atoms with Crippen LogP contribution in [0.2, 0.25) is 0 Å². The zero-order chi connectivity index (χ0) is 13.9. The van der Waals surface area contributed by atoms with Gasteiger partial charge in [-0.15, -0.1) is 11.3 Å². The van der Waals surface area contributed by atoms with E-state index in [-0.39, 0.29) is 6.10 Å². The van der Waals surface area contributed by atoms with Crippen LogP contribution in [0.1, 0.15) is 39.8 Å². The quantitative estimate of drug-likeness (QED) is 0.904. The Labute approximate surface area is 124 Å². The van der Waals surface area contributed by atoms with Crippen LogP contribution in [-0.2, 0) is 19.3 Å². The summed E-state index contributed by atoms with van der Waals surface area (Å²) in [4.78, 5) is 2.63. The van der Waals surface area contributed by atoms with Crippen molar-refractivity contribution in [1.82, 2.24) is 0 Å². The summed E-state index contributed by atoms with van der Waals surface area (Å²) < 4.78 is 5.15. The first kappa shape index (κ1) is 13.7. The molecule has 3 heteroatoms. The van der Waals surface area contributed by atoms with Gasteiger partial charge in [-0.05, 0) is 61.4 Å². The normalized spacial score (nSPS) is 15.1. The summed E-state index contributed by atoms with van der Waals surface area (Å²) in [6, 6.07) is 10.3. The molecule has 0 fully saturated rings. The van der Waals surface area contributed by atoms with E-state index in [4.69, 9.17) is 4.74 Å². The first-order chi connectivity index (χ1) is 9.76. The minimum Gasteiger partial charge on any atom is -0.497 e. The fraction of sp³-hybridized carbons (Fsp3) is 0.412. The van der Waals surface area contributed by atoms with Gasteiger partial charge in [-0.3, -0.25) is 0 Å². The van der Waals surface area contributed by atoms with E-state index in [0.29, 0.717) is 0 Å². The molecule has 1 aromatic heterocycles. The van der Waals surface area contributed by atoms with Gasteiger partial charge in [0.15, 0.2) is 0 Å². The minimum atomic E-state index is -0.326. The van der Waals surface area contributed by atoms with E-state index in [9.17, 15) is 5.11 Å². The van der Waals surface area contributed by atoms with Gasteiger partial charge in [-0.2, -0.15) is 0 Å². The van der Waals surface area contributed by atoms with Crippen LogP contribution in [0, 0.1) is 0 Å². The smallest absolute Gasteiger partial charge is 0.118 e. The van der Waals surface area contributed by atoms with Crippen LogP contribution in [0.15, 0.2) is 30.3 Å². The van der Waals surface area contributed by atoms with E-state index in [0.717, 1.165) is 23.5 Å². The molecule has 0 radical (unpaired) electrons. The van der Waals surface area contributed by atoms with E-state index >= 15 is 0 Å². The van der Waals surface area contributed by atoms with E-state index in [1.54, 1.807) is 18.4 Å². The summed E-state index contributed by atoms with van der Waals surface area (Å²) in [5, 5.41) is 10.3. The van der Waals surface area contributed by atoms with E-state index in [2.05, 4.69) is 18.2 Å². The Morgan fingerprint density at radius 1 is 1.25 bits per heavy atom. The average Bonchev–Trinajstić information content (AvgIpc) is 3.06. The van der Waals surface area contributed by atoms with Gasteiger partial charge in [0.2, 0.25) is 0 Å². The molecule has 106 valence electrons. The molecule has 0 saturated carbocycles. The Hall–Kier alpha value is -1.32. The second-order valence-corrected chi connectivity index (χ2v) is 6.52. The van der Waals surface area contributed by atoms with Crippen molar-refractivity contribution >= 4 is 11.3 Å². The van der Waals surface area contributed by atoms with Gasteiger partial charge in [-0.25, -0.2) is 0 Å². The number of methoxy groups -OCH3 is 1. The Kier molecular flexibility index (Phi) is 4.08. The van der Waals surface area contributed by atoms with Gasteiger partial charge in [0.1, 0.15) is 5.75 Å². The molecule has 2 nitrogen and oxygen atoms in total. The molecular formula is C17H20O2S. The predicted molar refractivity (Wildman–Crippen MR) is 82.6 cm³/mol. The molecule has 2 aromatic rings. The second-order valence-electron chi connectivity index (χ2n) is 5.35. The van der Waals surface area contributed by atoms with Crippen LogP contribution in [0.4, 0.5) is 0 Å². The summed E-state index contributed by atoms with van der Waals surface area (Å²) in [6.45, 7) is 0. The number of aliphatic hydroxyl groups is 1. The molecule has 1 heterocycles. The van der Waals surface area contributed by atoms with Crippen molar-refractivity contribution in [3.63, 3.8) is 0 Å². The van der Waals surface area contributed by atoms with E-state index in [1.807, 2.05) is 12.1 Å². The van der Waals surface area contributed by atoms with Crippen molar-refractivity contribution in [2.24, 2.45) is 0 Å². The SMILES string of the molecule is COc1ccc(CCC(O)c2cc3c(s2)CCC3)cc1. The number of rotatable bonds is 5. The van der Waals surface area contributed by atoms with E-state index < -0.39 is 0 Å². The molecule has 0 aliphatic heterocycles. The Balaban J connectivity index is 1.59. The minimum absolute atomic E-state index is 0.326. The summed E-state index contributed by atoms with van der Waals surface area (Å²) in [5.74, 6) is 0.879. The molecule has 1 N–H and O–H groups in total. The maximum atomic E-state index is 10.3. The molecule has 20 heavy (non-hydrogen) atoms. The van der Waals surface area contributed by atoms with Gasteiger partial charge in [-0.1, -0.05) is 12.1 Å². The van der Waals surface area contributed by atoms with Crippen molar-refractivity contribution in [3.8, 4) is 5.75 Å². The van der Waals surface area contributed by atoms with Crippen LogP contribution in [0.25, 0.3) is 0 Å². The third kappa shape index (κ3) is 2.89. The fourth-order valence-corrected chi connectivity index (χ4v) is 4.03. The first-order valence-electron chi connectivity index (χ1n) is 7.19. The lowest BCUT2D eigenvalue weighted by molar-refractivity contribution is 0.171. The summed E-state index contributed by atoms with van der Waals surface area (Å²) >= 11 is 1.80. The van der Waals surface area contributed by atoms with Crippen molar-refractivity contribution < 1.29 is 9.84 Å². The van der Waals surface area contributed by atoms with Crippen molar-refractivity contribution in [3.05, 3.63) is 51.2 Å². The molecule has 1 unspecified atom stereocenters. The number of fused-ring (bicyclic) bond motifs is 1. The summed E-state index contributed by atoms with van der Waals surface area (Å²) in [6.07, 6.45) is 5.03. The number of hydrogen-bond acceptors (Lipinski definition) is 3. The highest BCUT2D eigenvalue weighted by Crippen LogP contribution is 2.35. The van der Waals surface area contributed by atoms with Crippen molar-refractivity contribution in [1.29, 1.82) is 0 Å². The Morgan fingerprint density at radius 3 is 2.75 bits per heavy atom. The summed E-state index contributed by atoms with van der Waals surface area (Å²) in [5.41, 5.74) is 2.71. The third-order valence-electron chi connectivity index (χ3n) is 3.96. The maximum Gasteiger partial charge on any atom is 0.118 e. The average molecular weight is 288 g/mol. The Morgan fingerprint density at radius 2 is 2.05 bits per heavy atom. The van der Waals surface area contributed by atoms with Crippen molar-refractivity contribution in [2.45, 2.75) is 38.2 Å². The second kappa shape index (κ2) is 5.98. The lowest BCUT2D eigenvalue weighted by Gasteiger charge is -2.09. The van der Waals surface area contributed by atoms with E-state index in [1.165, 1.54) is 35.3 Å². The third-order valence-corrected chi connectivity index (χ3v) is 5.30. The van der Waals surface area contributed by atoms with Gasteiger partial charge in [0, 0.05) is 9.75 Å². The van der Waals surface area contributed by atoms with Gasteiger partial charge in [0.05, 0.1) is 13.2 Å². The highest BCUT2D eigenvalue weighted by atomic mass is 32.1. The largest absolute Gasteiger partial charge is 0.497 e. The predicted octanol–water partition coefficient (Wildman–Crippen LogP) is 3.91. The molecule has 0 bridgehead atoms. The van der Waals surface area contributed by atoms with Gasteiger partial charge >= 0.3 is 0 Å². The number of aryl methyl sites for hydroxylation is 3. The monoisotopic (exact) mass is 288 g/mol. The lowest BCUT2D eigenvalue weighted by Crippen LogP contribution is -1.97. The zero-order valence-corrected chi connectivity index (χ0v) is 12.6. The van der Waals surface area contributed by atoms with Crippen LogP contribution < -0.4 is 4.74 Å². The maximum absolute atomic E-state index is 10.3. The van der Waals surface area contributed by atoms with Gasteiger partial charge in [0.25, 0.3) is 0 Å². The highest BCUT2D eigenvalue weighted by molar-refractivity contribution is 7.12. The standard InChI is InChI=1S/C17H20O2S/c1-19-14-8-5-12(6-9-14)7-10-15(18)17-11-13-3-2-4-16(13)20-17/h5-6,8-9,11,15,18H,2-4,7,10H2,1H3. The topological polar surface area (TPSA) is 29.5 Å². The van der Waals surface area contributed by atoms with Crippen LogP contribution >= 0.6 is 11.3 Å². The first-order valence-corrected chi connectivity index (χ1v) is 8.00. The zero-order valence-electron chi connectivity index (χ0n) is 11.8. The number of ether oxygens (including phenoxy) is 1. The molecule has 1 aromatic carbocycles. The van der Waals surface area contributed by atoms with Crippen LogP contribution in [0.3, 0.4) is 0 Å². The summed E-state index contributed by atoms with van der Waals surface area (Å²) in [7, 11) is 1.68. The number of aliphatic hydroxyl groups excluding tert-OH is 1. The van der Waals surface area contributed by atoms with Crippen molar-refractivity contribution in [2.75, 3.05) is 7.11 Å². The number of hydrogen-bond donors (Lipinski definition) is 1. The lowest BCUT2D eigenvalue weighted by atomic mass is 10.1. The number of thiophene rings is 1. The molecule has 1 aliphatic rings. The van der Waals surface area contributed by atoms with Crippen LogP contribution in [0.5, 0.6) is 5.75 Å². The molecular weight excluding hydrogens is 268 g/mol. The fourth-order valence-electron chi connectivity index (χ4n) is 2.75. The molecule has 0 saturated heterocycles. The molecule has 3 rings (SSSR count). The molecule has 0 spiro atoms. The molecule has 1 aliphatic carbocycles. The van der Waals surface area contributed by atoms with Gasteiger partial charge < -0.3 is 9.84 Å². The molecule has 1 atom stereocenters. The molecule has 0 amide bonds. The Bertz CT molecular complexity index is 550. The number of benzene rings is 1.